The minimum absolute atomic E-state index is 0.233. The fourth-order valence-electron chi connectivity index (χ4n) is 2.03. The van der Waals surface area contributed by atoms with Gasteiger partial charge in [-0.25, -0.2) is 0 Å². The van der Waals surface area contributed by atoms with Crippen molar-refractivity contribution in [3.63, 3.8) is 0 Å². The van der Waals surface area contributed by atoms with E-state index in [-0.39, 0.29) is 11.6 Å². The second kappa shape index (κ2) is 8.04. The molecular weight excluding hydrogens is 336 g/mol. The summed E-state index contributed by atoms with van der Waals surface area (Å²) >= 11 is 0. The first-order valence-electron chi connectivity index (χ1n) is 7.22. The Morgan fingerprint density at radius 2 is 1.84 bits per heavy atom. The number of nitro benzene ring substituents is 1. The van der Waals surface area contributed by atoms with Gasteiger partial charge in [0.15, 0.2) is 0 Å². The second-order valence-electron chi connectivity index (χ2n) is 5.04. The van der Waals surface area contributed by atoms with Crippen LogP contribution in [0, 0.1) is 10.1 Å². The monoisotopic (exact) mass is 351 g/mol. The molecule has 0 radical (unpaired) electrons. The Labute approximate surface area is 141 Å². The van der Waals surface area contributed by atoms with Crippen molar-refractivity contribution in [2.75, 3.05) is 10.6 Å². The molecule has 2 aromatic rings. The van der Waals surface area contributed by atoms with Crippen LogP contribution in [-0.2, 0) is 4.79 Å². The van der Waals surface area contributed by atoms with Gasteiger partial charge in [0.1, 0.15) is 6.04 Å². The predicted molar refractivity (Wildman–Crippen MR) is 87.9 cm³/mol. The Hall–Kier alpha value is -3.23. The molecule has 0 fully saturated rings. The van der Waals surface area contributed by atoms with Crippen LogP contribution in [-0.4, -0.2) is 23.5 Å². The molecule has 0 bridgehead atoms. The number of hydrogen-bond acceptors (Lipinski definition) is 5. The Morgan fingerprint density at radius 1 is 1.16 bits per heavy atom. The maximum absolute atomic E-state index is 12.4. The minimum Gasteiger partial charge on any atom is -0.427 e. The zero-order valence-electron chi connectivity index (χ0n) is 13.1. The molecule has 0 saturated carbocycles. The van der Waals surface area contributed by atoms with Crippen LogP contribution in [0.4, 0.5) is 25.8 Å². The van der Waals surface area contributed by atoms with Gasteiger partial charge in [-0.1, -0.05) is 18.2 Å². The summed E-state index contributed by atoms with van der Waals surface area (Å²) in [7, 11) is 0. The number of nitrogens with one attached hydrogen (secondary N) is 2. The van der Waals surface area contributed by atoms with Crippen LogP contribution in [0.3, 0.4) is 0 Å². The average molecular weight is 351 g/mol. The molecule has 1 unspecified atom stereocenters. The number of ether oxygens (including phenoxy) is 1. The Kier molecular flexibility index (Phi) is 5.83. The number of rotatable bonds is 7. The first kappa shape index (κ1) is 18.1. The molecule has 0 aromatic heterocycles. The van der Waals surface area contributed by atoms with E-state index in [0.717, 1.165) is 12.1 Å². The van der Waals surface area contributed by atoms with Crippen molar-refractivity contribution in [3.8, 4) is 5.75 Å². The summed E-state index contributed by atoms with van der Waals surface area (Å²) in [5, 5.41) is 16.3. The van der Waals surface area contributed by atoms with Crippen molar-refractivity contribution in [1.82, 2.24) is 0 Å². The highest BCUT2D eigenvalue weighted by Gasteiger charge is 2.20. The molecule has 1 atom stereocenters. The van der Waals surface area contributed by atoms with Gasteiger partial charge in [-0.2, -0.15) is 8.78 Å². The zero-order valence-corrected chi connectivity index (χ0v) is 13.1. The van der Waals surface area contributed by atoms with Gasteiger partial charge in [0.2, 0.25) is 11.7 Å². The van der Waals surface area contributed by atoms with Crippen LogP contribution in [0.2, 0.25) is 0 Å². The van der Waals surface area contributed by atoms with Gasteiger partial charge in [0.05, 0.1) is 4.92 Å². The lowest BCUT2D eigenvalue weighted by Gasteiger charge is -2.16. The van der Waals surface area contributed by atoms with Crippen molar-refractivity contribution >= 4 is 23.0 Å². The lowest BCUT2D eigenvalue weighted by molar-refractivity contribution is -0.386. The summed E-state index contributed by atoms with van der Waals surface area (Å²) in [6.45, 7) is -1.64. The van der Waals surface area contributed by atoms with Crippen LogP contribution >= 0.6 is 0 Å². The lowest BCUT2D eigenvalue weighted by Crippen LogP contribution is -2.31. The standard InChI is InChI=1S/C16H15F2N3O4/c1-10(15(22)20-11-5-3-2-4-6-11)19-12-7-8-13(21(23)24)14(9-12)25-16(17)18/h2-10,16,19H,1H3,(H,20,22). The van der Waals surface area contributed by atoms with E-state index in [0.29, 0.717) is 5.69 Å². The molecule has 0 aliphatic carbocycles. The van der Waals surface area contributed by atoms with E-state index in [1.807, 2.05) is 0 Å². The molecule has 2 rings (SSSR count). The normalized spacial score (nSPS) is 11.7. The fourth-order valence-corrected chi connectivity index (χ4v) is 2.03. The van der Waals surface area contributed by atoms with Crippen LogP contribution in [0.25, 0.3) is 0 Å². The molecule has 0 saturated heterocycles. The number of para-hydroxylation sites is 1. The number of halogens is 2. The number of carbonyl (C=O) groups is 1. The van der Waals surface area contributed by atoms with Crippen molar-refractivity contribution in [1.29, 1.82) is 0 Å². The largest absolute Gasteiger partial charge is 0.427 e. The molecule has 2 N–H and O–H groups in total. The van der Waals surface area contributed by atoms with E-state index in [1.54, 1.807) is 37.3 Å². The summed E-state index contributed by atoms with van der Waals surface area (Å²) < 4.78 is 29.0. The third-order valence-electron chi connectivity index (χ3n) is 3.19. The SMILES string of the molecule is CC(Nc1ccc([N+](=O)[O-])c(OC(F)F)c1)C(=O)Nc1ccccc1. The number of hydrogen-bond donors (Lipinski definition) is 2. The number of carbonyl (C=O) groups excluding carboxylic acids is 1. The Morgan fingerprint density at radius 3 is 2.44 bits per heavy atom. The summed E-state index contributed by atoms with van der Waals surface area (Å²) in [6, 6.07) is 11.4. The summed E-state index contributed by atoms with van der Waals surface area (Å²) in [6.07, 6.45) is 0. The van der Waals surface area contributed by atoms with Crippen LogP contribution in [0.5, 0.6) is 5.75 Å². The van der Waals surface area contributed by atoms with Gasteiger partial charge in [0.25, 0.3) is 0 Å². The Balaban J connectivity index is 2.10. The van der Waals surface area contributed by atoms with Crippen LogP contribution in [0.1, 0.15) is 6.92 Å². The molecule has 0 aliphatic rings. The minimum atomic E-state index is -3.20. The second-order valence-corrected chi connectivity index (χ2v) is 5.04. The number of benzene rings is 2. The summed E-state index contributed by atoms with van der Waals surface area (Å²) in [5.74, 6) is -0.943. The van der Waals surface area contributed by atoms with Gasteiger partial charge < -0.3 is 15.4 Å². The molecule has 9 heteroatoms. The molecule has 0 heterocycles. The van der Waals surface area contributed by atoms with Crippen LogP contribution < -0.4 is 15.4 Å². The predicted octanol–water partition coefficient (Wildman–Crippen LogP) is 3.64. The highest BCUT2D eigenvalue weighted by molar-refractivity contribution is 5.96. The molecule has 25 heavy (non-hydrogen) atoms. The third-order valence-corrected chi connectivity index (χ3v) is 3.19. The maximum atomic E-state index is 12.4. The van der Waals surface area contributed by atoms with Gasteiger partial charge in [-0.3, -0.25) is 14.9 Å². The smallest absolute Gasteiger partial charge is 0.387 e. The number of nitro groups is 1. The molecule has 7 nitrogen and oxygen atoms in total. The summed E-state index contributed by atoms with van der Waals surface area (Å²) in [4.78, 5) is 22.1. The first-order chi connectivity index (χ1) is 11.9. The molecule has 1 amide bonds. The fraction of sp³-hybridized carbons (Fsp3) is 0.188. The van der Waals surface area contributed by atoms with E-state index >= 15 is 0 Å². The van der Waals surface area contributed by atoms with Crippen molar-refractivity contribution in [2.24, 2.45) is 0 Å². The van der Waals surface area contributed by atoms with E-state index in [1.165, 1.54) is 6.07 Å². The lowest BCUT2D eigenvalue weighted by atomic mass is 10.2. The van der Waals surface area contributed by atoms with Gasteiger partial charge in [-0.15, -0.1) is 0 Å². The molecule has 0 aliphatic heterocycles. The highest BCUT2D eigenvalue weighted by Crippen LogP contribution is 2.31. The quantitative estimate of drug-likeness (QED) is 0.587. The van der Waals surface area contributed by atoms with Gasteiger partial charge >= 0.3 is 12.3 Å². The molecule has 2 aromatic carbocycles. The third kappa shape index (κ3) is 5.13. The number of anilines is 2. The van der Waals surface area contributed by atoms with Crippen molar-refractivity contribution in [3.05, 3.63) is 58.6 Å². The van der Waals surface area contributed by atoms with Crippen molar-refractivity contribution < 1.29 is 23.2 Å². The van der Waals surface area contributed by atoms with Gasteiger partial charge in [-0.05, 0) is 25.1 Å². The highest BCUT2D eigenvalue weighted by atomic mass is 19.3. The Bertz CT molecular complexity index is 756. The van der Waals surface area contributed by atoms with E-state index in [2.05, 4.69) is 15.4 Å². The molecular formula is C16H15F2N3O4. The maximum Gasteiger partial charge on any atom is 0.387 e. The van der Waals surface area contributed by atoms with E-state index in [9.17, 15) is 23.7 Å². The number of alkyl halides is 2. The first-order valence-corrected chi connectivity index (χ1v) is 7.22. The topological polar surface area (TPSA) is 93.5 Å². The summed E-state index contributed by atoms with van der Waals surface area (Å²) in [5.41, 5.74) is 0.246. The van der Waals surface area contributed by atoms with Crippen LogP contribution in [0.15, 0.2) is 48.5 Å². The van der Waals surface area contributed by atoms with Crippen molar-refractivity contribution in [2.45, 2.75) is 19.6 Å². The number of amides is 1. The molecule has 0 spiro atoms. The van der Waals surface area contributed by atoms with E-state index < -0.39 is 29.0 Å². The average Bonchev–Trinajstić information content (AvgIpc) is 2.55. The number of nitrogens with zero attached hydrogens (tertiary/aromatic N) is 1. The molecule has 132 valence electrons. The van der Waals surface area contributed by atoms with Gasteiger partial charge in [0, 0.05) is 23.5 Å². The van der Waals surface area contributed by atoms with E-state index in [4.69, 9.17) is 0 Å². The zero-order chi connectivity index (χ0) is 18.4.